The van der Waals surface area contributed by atoms with E-state index in [1.807, 2.05) is 32.1 Å². The van der Waals surface area contributed by atoms with Gasteiger partial charge in [0.2, 0.25) is 0 Å². The molecule has 1 aromatic rings. The average Bonchev–Trinajstić information content (AvgIpc) is 2.22. The lowest BCUT2D eigenvalue weighted by Gasteiger charge is -2.07. The number of hydrogen-bond donors (Lipinski definition) is 1. The van der Waals surface area contributed by atoms with Crippen molar-refractivity contribution >= 4 is 25.8 Å². The van der Waals surface area contributed by atoms with Gasteiger partial charge in [-0.15, -0.1) is 0 Å². The number of rotatable bonds is 4. The van der Waals surface area contributed by atoms with Crippen LogP contribution in [-0.2, 0) is 20.7 Å². The van der Waals surface area contributed by atoms with Crippen LogP contribution >= 0.6 is 0 Å². The molecule has 0 aromatic heterocycles. The first-order chi connectivity index (χ1) is 7.13. The number of hydrogen-bond acceptors (Lipinski definition) is 4. The lowest BCUT2D eigenvalue weighted by Crippen LogP contribution is -2.34. The highest BCUT2D eigenvalue weighted by Crippen LogP contribution is 2.01. The van der Waals surface area contributed by atoms with E-state index in [1.165, 1.54) is 0 Å². The molecule has 0 saturated carbocycles. The first kappa shape index (κ1) is 11.5. The minimum absolute atomic E-state index is 0.348. The van der Waals surface area contributed by atoms with Crippen molar-refractivity contribution < 1.29 is 14.3 Å². The molecule has 1 aromatic carbocycles. The lowest BCUT2D eigenvalue weighted by molar-refractivity contribution is -0.137. The number of nitrogens with two attached hydrogens (primary N) is 1. The van der Waals surface area contributed by atoms with Crippen LogP contribution in [0.3, 0.4) is 0 Å². The maximum absolute atomic E-state index is 11.0. The van der Waals surface area contributed by atoms with E-state index in [4.69, 9.17) is 5.73 Å². The second kappa shape index (κ2) is 5.31. The summed E-state index contributed by atoms with van der Waals surface area (Å²) in [5.41, 5.74) is 7.58. The maximum Gasteiger partial charge on any atom is 0.425 e. The molecule has 4 nitrogen and oxygen atoms in total. The standard InChI is InChI=1S/C10H11BNO3/c11-8-3-1-7(2-4-8)5-9(12)10(14)15-6-13/h1-4,9H,5,11-12H2/t9-/m0/s1. The fourth-order valence-corrected chi connectivity index (χ4v) is 1.18. The van der Waals surface area contributed by atoms with Crippen molar-refractivity contribution in [2.75, 3.05) is 0 Å². The highest BCUT2D eigenvalue weighted by atomic mass is 16.6. The van der Waals surface area contributed by atoms with Crippen molar-refractivity contribution in [3.8, 4) is 0 Å². The Bertz CT molecular complexity index is 350. The van der Waals surface area contributed by atoms with Crippen molar-refractivity contribution in [1.82, 2.24) is 0 Å². The molecule has 0 bridgehead atoms. The summed E-state index contributed by atoms with van der Waals surface area (Å²) in [5.74, 6) is -0.759. The van der Waals surface area contributed by atoms with E-state index < -0.39 is 12.0 Å². The Kier molecular flexibility index (Phi) is 4.06. The fourth-order valence-electron chi connectivity index (χ4n) is 1.18. The summed E-state index contributed by atoms with van der Waals surface area (Å²) in [6.07, 6.45) is 0.348. The molecule has 77 valence electrons. The van der Waals surface area contributed by atoms with E-state index in [1.54, 1.807) is 0 Å². The molecule has 0 aliphatic carbocycles. The van der Waals surface area contributed by atoms with Crippen LogP contribution in [0.15, 0.2) is 24.3 Å². The van der Waals surface area contributed by atoms with E-state index >= 15 is 0 Å². The Morgan fingerprint density at radius 2 is 2.07 bits per heavy atom. The number of carbonyl (C=O) groups is 1. The maximum atomic E-state index is 11.0. The Balaban J connectivity index is 2.57. The highest BCUT2D eigenvalue weighted by molar-refractivity contribution is 6.32. The van der Waals surface area contributed by atoms with Crippen LogP contribution in [0.2, 0.25) is 0 Å². The summed E-state index contributed by atoms with van der Waals surface area (Å²) in [7, 11) is 1.97. The second-order valence-corrected chi connectivity index (χ2v) is 3.30. The Morgan fingerprint density at radius 3 is 2.60 bits per heavy atom. The topological polar surface area (TPSA) is 69.4 Å². The molecule has 1 atom stereocenters. The van der Waals surface area contributed by atoms with E-state index in [9.17, 15) is 9.59 Å². The molecule has 0 saturated heterocycles. The number of ether oxygens (including phenoxy) is 1. The molecule has 15 heavy (non-hydrogen) atoms. The van der Waals surface area contributed by atoms with Gasteiger partial charge in [-0.05, 0) is 12.0 Å². The van der Waals surface area contributed by atoms with Gasteiger partial charge in [0.1, 0.15) is 13.9 Å². The summed E-state index contributed by atoms with van der Waals surface area (Å²) in [4.78, 5) is 20.8. The summed E-state index contributed by atoms with van der Waals surface area (Å²) in [6.45, 7) is 1.06. The van der Waals surface area contributed by atoms with Crippen molar-refractivity contribution in [3.63, 3.8) is 0 Å². The predicted molar refractivity (Wildman–Crippen MR) is 58.1 cm³/mol. The van der Waals surface area contributed by atoms with Crippen LogP contribution < -0.4 is 11.2 Å². The van der Waals surface area contributed by atoms with Gasteiger partial charge >= 0.3 is 12.4 Å². The van der Waals surface area contributed by atoms with Crippen molar-refractivity contribution in [3.05, 3.63) is 29.8 Å². The van der Waals surface area contributed by atoms with E-state index in [-0.39, 0.29) is 0 Å². The number of carbonyl (C=O) groups excluding carboxylic acids is 2. The second-order valence-electron chi connectivity index (χ2n) is 3.30. The van der Waals surface area contributed by atoms with Gasteiger partial charge in [0.25, 0.3) is 0 Å². The molecule has 1 radical (unpaired) electrons. The zero-order valence-electron chi connectivity index (χ0n) is 8.40. The Hall–Kier alpha value is -1.62. The van der Waals surface area contributed by atoms with Crippen LogP contribution in [0.5, 0.6) is 0 Å². The molecule has 0 heterocycles. The lowest BCUT2D eigenvalue weighted by atomic mass is 9.94. The highest BCUT2D eigenvalue weighted by Gasteiger charge is 2.15. The van der Waals surface area contributed by atoms with Gasteiger partial charge in [0, 0.05) is 0 Å². The van der Waals surface area contributed by atoms with Crippen LogP contribution in [0.4, 0.5) is 0 Å². The van der Waals surface area contributed by atoms with Crippen LogP contribution in [0.25, 0.3) is 0 Å². The normalized spacial score (nSPS) is 11.8. The average molecular weight is 204 g/mol. The molecule has 0 aliphatic heterocycles. The molecule has 0 unspecified atom stereocenters. The van der Waals surface area contributed by atoms with Gasteiger partial charge < -0.3 is 10.5 Å². The van der Waals surface area contributed by atoms with Crippen molar-refractivity contribution in [1.29, 1.82) is 0 Å². The van der Waals surface area contributed by atoms with E-state index in [2.05, 4.69) is 4.74 Å². The number of esters is 1. The zero-order chi connectivity index (χ0) is 11.3. The number of benzene rings is 1. The van der Waals surface area contributed by atoms with Gasteiger partial charge in [0.15, 0.2) is 0 Å². The summed E-state index contributed by atoms with van der Waals surface area (Å²) >= 11 is 0. The Morgan fingerprint density at radius 1 is 1.47 bits per heavy atom. The SMILES string of the molecule is Bc1ccc(C[C@H](N)C(=O)O[C]=O)cc1. The summed E-state index contributed by atoms with van der Waals surface area (Å²) in [6, 6.07) is 6.80. The van der Waals surface area contributed by atoms with Gasteiger partial charge in [-0.3, -0.25) is 0 Å². The first-order valence-corrected chi connectivity index (χ1v) is 4.52. The van der Waals surface area contributed by atoms with E-state index in [0.29, 0.717) is 6.42 Å². The van der Waals surface area contributed by atoms with Gasteiger partial charge in [-0.25, -0.2) is 9.59 Å². The van der Waals surface area contributed by atoms with Crippen LogP contribution in [-0.4, -0.2) is 26.3 Å². The minimum atomic E-state index is -0.825. The molecule has 2 N–H and O–H groups in total. The minimum Gasteiger partial charge on any atom is -0.383 e. The van der Waals surface area contributed by atoms with Crippen LogP contribution in [0, 0.1) is 0 Å². The summed E-state index contributed by atoms with van der Waals surface area (Å²) < 4.78 is 4.03. The zero-order valence-corrected chi connectivity index (χ0v) is 8.40. The predicted octanol–water partition coefficient (Wildman–Crippen LogP) is -1.57. The molecular weight excluding hydrogens is 193 g/mol. The molecular formula is C10H11BNO3. The molecule has 0 fully saturated rings. The molecule has 0 aliphatic rings. The molecule has 5 heteroatoms. The van der Waals surface area contributed by atoms with Gasteiger partial charge in [0.05, 0.1) is 0 Å². The van der Waals surface area contributed by atoms with Crippen molar-refractivity contribution in [2.24, 2.45) is 5.73 Å². The van der Waals surface area contributed by atoms with Crippen LogP contribution in [0.1, 0.15) is 5.56 Å². The third-order valence-electron chi connectivity index (χ3n) is 2.02. The third-order valence-corrected chi connectivity index (χ3v) is 2.02. The smallest absolute Gasteiger partial charge is 0.383 e. The first-order valence-electron chi connectivity index (χ1n) is 4.52. The van der Waals surface area contributed by atoms with Gasteiger partial charge in [-0.1, -0.05) is 29.7 Å². The quantitative estimate of drug-likeness (QED) is 0.365. The fraction of sp³-hybridized carbons (Fsp3) is 0.200. The molecule has 1 rings (SSSR count). The van der Waals surface area contributed by atoms with Crippen molar-refractivity contribution in [2.45, 2.75) is 12.5 Å². The van der Waals surface area contributed by atoms with Gasteiger partial charge in [-0.2, -0.15) is 0 Å². The third kappa shape index (κ3) is 3.55. The van der Waals surface area contributed by atoms with E-state index in [0.717, 1.165) is 17.5 Å². The Labute approximate surface area is 88.8 Å². The summed E-state index contributed by atoms with van der Waals surface area (Å²) in [5, 5.41) is 0. The molecule has 0 amide bonds. The molecule has 0 spiro atoms. The largest absolute Gasteiger partial charge is 0.425 e. The monoisotopic (exact) mass is 204 g/mol.